The molecular weight excluding hydrogens is 1430 g/mol. The van der Waals surface area contributed by atoms with Crippen LogP contribution in [0.3, 0.4) is 0 Å². The van der Waals surface area contributed by atoms with E-state index in [2.05, 4.69) is 300 Å². The number of fused-ring (bicyclic) bond motifs is 18. The Balaban J connectivity index is 0.000000135. The molecular formula is C102H60N8O2S2. The highest BCUT2D eigenvalue weighted by atomic mass is 32.1. The zero-order valence-electron chi connectivity index (χ0n) is 60.9. The van der Waals surface area contributed by atoms with E-state index in [4.69, 9.17) is 38.7 Å². The summed E-state index contributed by atoms with van der Waals surface area (Å²) in [6.45, 7) is 0. The largest absolute Gasteiger partial charge is 0.456 e. The molecule has 24 rings (SSSR count). The lowest BCUT2D eigenvalue weighted by atomic mass is 10.0. The van der Waals surface area contributed by atoms with Crippen LogP contribution in [-0.4, -0.2) is 39.0 Å². The molecule has 24 aromatic rings. The first kappa shape index (κ1) is 65.1. The van der Waals surface area contributed by atoms with Gasteiger partial charge in [-0.15, -0.1) is 22.7 Å². The zero-order valence-corrected chi connectivity index (χ0v) is 62.5. The van der Waals surface area contributed by atoms with Crippen LogP contribution in [0.4, 0.5) is 0 Å². The average Bonchev–Trinajstić information content (AvgIpc) is 1.56. The van der Waals surface area contributed by atoms with Gasteiger partial charge >= 0.3 is 0 Å². The van der Waals surface area contributed by atoms with Gasteiger partial charge in [0.05, 0.1) is 22.1 Å². The average molecular weight is 1490 g/mol. The molecule has 532 valence electrons. The third-order valence-corrected chi connectivity index (χ3v) is 24.5. The second-order valence-corrected chi connectivity index (χ2v) is 30.9. The van der Waals surface area contributed by atoms with E-state index in [1.54, 1.807) is 22.7 Å². The number of nitrogens with zero attached hydrogens (tertiary/aromatic N) is 8. The highest BCUT2D eigenvalue weighted by Crippen LogP contribution is 2.48. The Hall–Kier alpha value is -14.8. The van der Waals surface area contributed by atoms with Gasteiger partial charge in [0, 0.05) is 134 Å². The van der Waals surface area contributed by atoms with E-state index >= 15 is 0 Å². The fourth-order valence-corrected chi connectivity index (χ4v) is 19.2. The van der Waals surface area contributed by atoms with Crippen LogP contribution in [0.2, 0.25) is 0 Å². The van der Waals surface area contributed by atoms with Gasteiger partial charge in [0.25, 0.3) is 0 Å². The number of para-hydroxylation sites is 4. The van der Waals surface area contributed by atoms with E-state index < -0.39 is 0 Å². The smallest absolute Gasteiger partial charge is 0.165 e. The normalized spacial score (nSPS) is 11.9. The molecule has 0 saturated heterocycles. The lowest BCUT2D eigenvalue weighted by Crippen LogP contribution is -2.01. The van der Waals surface area contributed by atoms with E-state index in [1.165, 1.54) is 36.3 Å². The minimum atomic E-state index is 0.625. The molecule has 0 bridgehead atoms. The van der Waals surface area contributed by atoms with Crippen LogP contribution in [0.1, 0.15) is 0 Å². The monoisotopic (exact) mass is 1490 g/mol. The van der Waals surface area contributed by atoms with Crippen molar-refractivity contribution in [3.05, 3.63) is 364 Å². The maximum absolute atomic E-state index is 6.46. The molecule has 8 heterocycles. The molecule has 0 fully saturated rings. The summed E-state index contributed by atoms with van der Waals surface area (Å²) in [6, 6.07) is 128. The number of furan rings is 2. The van der Waals surface area contributed by atoms with Crippen molar-refractivity contribution in [3.63, 3.8) is 0 Å². The Labute approximate surface area is 659 Å². The third-order valence-electron chi connectivity index (χ3n) is 22.1. The maximum atomic E-state index is 6.46. The van der Waals surface area contributed by atoms with Gasteiger partial charge in [-0.05, 0) is 113 Å². The van der Waals surface area contributed by atoms with Crippen molar-refractivity contribution < 1.29 is 8.83 Å². The number of hydrogen-bond donors (Lipinski definition) is 0. The van der Waals surface area contributed by atoms with Crippen LogP contribution in [0.15, 0.2) is 373 Å². The van der Waals surface area contributed by atoms with E-state index in [1.807, 2.05) is 72.8 Å². The Morgan fingerprint density at radius 1 is 0.193 bits per heavy atom. The predicted octanol–water partition coefficient (Wildman–Crippen LogP) is 27.8. The van der Waals surface area contributed by atoms with Gasteiger partial charge in [0.2, 0.25) is 0 Å². The molecule has 8 aromatic heterocycles. The molecule has 0 N–H and O–H groups in total. The first-order chi connectivity index (χ1) is 56.5. The Morgan fingerprint density at radius 2 is 0.535 bits per heavy atom. The molecule has 114 heavy (non-hydrogen) atoms. The molecule has 0 aliphatic carbocycles. The first-order valence-electron chi connectivity index (χ1n) is 38.0. The van der Waals surface area contributed by atoms with Crippen LogP contribution >= 0.6 is 22.7 Å². The molecule has 0 radical (unpaired) electrons. The first-order valence-corrected chi connectivity index (χ1v) is 39.7. The van der Waals surface area contributed by atoms with Gasteiger partial charge in [-0.2, -0.15) is 0 Å². The summed E-state index contributed by atoms with van der Waals surface area (Å²) in [4.78, 5) is 31.5. The highest BCUT2D eigenvalue weighted by Gasteiger charge is 2.26. The molecule has 0 aliphatic heterocycles. The Bertz CT molecular complexity index is 7990. The van der Waals surface area contributed by atoms with Crippen LogP contribution < -0.4 is 0 Å². The highest BCUT2D eigenvalue weighted by molar-refractivity contribution is 7.26. The third kappa shape index (κ3) is 10.9. The summed E-state index contributed by atoms with van der Waals surface area (Å²) in [5.41, 5.74) is 20.2. The summed E-state index contributed by atoms with van der Waals surface area (Å²) >= 11 is 3.56. The summed E-state index contributed by atoms with van der Waals surface area (Å²) in [5, 5.41) is 13.8. The molecule has 0 atom stereocenters. The maximum Gasteiger partial charge on any atom is 0.165 e. The lowest BCUT2D eigenvalue weighted by molar-refractivity contribution is 0.669. The van der Waals surface area contributed by atoms with Crippen molar-refractivity contribution in [2.24, 2.45) is 0 Å². The van der Waals surface area contributed by atoms with Crippen LogP contribution in [0, 0.1) is 0 Å². The summed E-state index contributed by atoms with van der Waals surface area (Å²) in [6.07, 6.45) is 0. The van der Waals surface area contributed by atoms with E-state index in [-0.39, 0.29) is 0 Å². The van der Waals surface area contributed by atoms with Gasteiger partial charge in [0.1, 0.15) is 22.3 Å². The predicted molar refractivity (Wildman–Crippen MR) is 472 cm³/mol. The lowest BCUT2D eigenvalue weighted by Gasteiger charge is -2.13. The van der Waals surface area contributed by atoms with Crippen LogP contribution in [0.25, 0.3) is 230 Å². The minimum absolute atomic E-state index is 0.625. The fourth-order valence-electron chi connectivity index (χ4n) is 16.8. The summed E-state index contributed by atoms with van der Waals surface area (Å²) in [5.74, 6) is 3.77. The van der Waals surface area contributed by atoms with Gasteiger partial charge in [-0.1, -0.05) is 267 Å². The standard InChI is InChI=1S/2C51H30N4OS/c1-3-14-31(15-4-1)33-18-13-19-34(26-33)50-52-49(32-16-5-2-6-17-32)53-51(54-50)42-28-35(27-41-38-22-9-12-25-47(38)57-48(41)42)55-43-23-10-7-20-36(43)39-30-46-40(29-44(39)55)37-21-8-11-24-45(37)56-46;1-3-14-31(15-4-1)33-18-13-19-34(26-33)50-52-49(32-16-5-2-6-17-32)53-51(54-50)42-28-35(27-41-38-22-9-12-25-47(38)57-48(41)42)55-43-23-10-7-20-36(43)39-29-40-37-21-8-11-24-45(37)56-46(40)30-44(39)55/h2*1-30H. The Morgan fingerprint density at radius 3 is 1.01 bits per heavy atom. The SMILES string of the molecule is c1ccc(-c2cccc(-c3nc(-c4ccccc4)nc(-c4cc(-n5c6ccccc6c6cc7c(cc65)oc5ccccc57)cc5c4sc4ccccc45)n3)c2)cc1.c1ccc(-c2cccc(-c3nc(-c4ccccc4)nc(-c4cc(-n5c6ccccc6c6cc7oc8ccccc8c7cc65)cc5c4sc4ccccc45)n3)c2)cc1. The molecule has 12 heteroatoms. The van der Waals surface area contributed by atoms with E-state index in [0.717, 1.165) is 159 Å². The second kappa shape index (κ2) is 26.5. The Kier molecular flexibility index (Phi) is 15.1. The fraction of sp³-hybridized carbons (Fsp3) is 0. The number of benzene rings is 16. The minimum Gasteiger partial charge on any atom is -0.456 e. The number of thiophene rings is 2. The van der Waals surface area contributed by atoms with Crippen molar-refractivity contribution in [1.29, 1.82) is 0 Å². The van der Waals surface area contributed by atoms with Gasteiger partial charge in [-0.3, -0.25) is 0 Å². The molecule has 0 unspecified atom stereocenters. The molecule has 0 amide bonds. The second-order valence-electron chi connectivity index (χ2n) is 28.8. The van der Waals surface area contributed by atoms with Crippen LogP contribution in [-0.2, 0) is 0 Å². The molecule has 16 aromatic carbocycles. The summed E-state index contributed by atoms with van der Waals surface area (Å²) in [7, 11) is 0. The molecule has 10 nitrogen and oxygen atoms in total. The van der Waals surface area contributed by atoms with Crippen molar-refractivity contribution in [2.75, 3.05) is 0 Å². The number of aromatic nitrogens is 8. The van der Waals surface area contributed by atoms with E-state index in [9.17, 15) is 0 Å². The van der Waals surface area contributed by atoms with Gasteiger partial charge in [0.15, 0.2) is 34.9 Å². The van der Waals surface area contributed by atoms with Crippen molar-refractivity contribution in [1.82, 2.24) is 39.0 Å². The van der Waals surface area contributed by atoms with Crippen molar-refractivity contribution in [2.45, 2.75) is 0 Å². The van der Waals surface area contributed by atoms with E-state index in [0.29, 0.717) is 34.9 Å². The zero-order chi connectivity index (χ0) is 74.9. The van der Waals surface area contributed by atoms with Gasteiger partial charge in [-0.25, -0.2) is 29.9 Å². The summed E-state index contributed by atoms with van der Waals surface area (Å²) < 4.78 is 22.3. The molecule has 0 spiro atoms. The van der Waals surface area contributed by atoms with Crippen LogP contribution in [0.5, 0.6) is 0 Å². The van der Waals surface area contributed by atoms with Crippen molar-refractivity contribution >= 4 is 151 Å². The van der Waals surface area contributed by atoms with Crippen molar-refractivity contribution in [3.8, 4) is 102 Å². The van der Waals surface area contributed by atoms with Gasteiger partial charge < -0.3 is 18.0 Å². The molecule has 0 saturated carbocycles. The number of hydrogen-bond acceptors (Lipinski definition) is 10. The topological polar surface area (TPSA) is 113 Å². The quantitative estimate of drug-likeness (QED) is 0.133. The molecule has 0 aliphatic rings. The number of rotatable bonds is 10.